The van der Waals surface area contributed by atoms with Crippen molar-refractivity contribution in [3.8, 4) is 0 Å². The molecule has 0 spiro atoms. The maximum absolute atomic E-state index is 12.3. The molecule has 26 heavy (non-hydrogen) atoms. The first-order valence-electron chi connectivity index (χ1n) is 7.47. The smallest absolute Gasteiger partial charge is 0.258 e. The number of carbonyl (C=O) groups is 2. The maximum atomic E-state index is 12.3. The van der Waals surface area contributed by atoms with Gasteiger partial charge in [0.2, 0.25) is 5.91 Å². The summed E-state index contributed by atoms with van der Waals surface area (Å²) in [6.07, 6.45) is 0.347. The molecule has 0 saturated carbocycles. The van der Waals surface area contributed by atoms with Crippen molar-refractivity contribution in [3.05, 3.63) is 57.0 Å². The Bertz CT molecular complexity index is 874. The molecule has 0 bridgehead atoms. The van der Waals surface area contributed by atoms with E-state index in [9.17, 15) is 9.59 Å². The summed E-state index contributed by atoms with van der Waals surface area (Å²) >= 11 is 23.1. The molecule has 2 rings (SSSR count). The van der Waals surface area contributed by atoms with Gasteiger partial charge in [0.1, 0.15) is 0 Å². The van der Waals surface area contributed by atoms with Gasteiger partial charge in [0.25, 0.3) is 5.91 Å². The summed E-state index contributed by atoms with van der Waals surface area (Å²) < 4.78 is 0. The molecule has 0 fully saturated rings. The molecule has 136 valence electrons. The first kappa shape index (κ1) is 20.5. The Kier molecular flexibility index (Phi) is 7.23. The average molecular weight is 431 g/mol. The molecule has 0 atom stereocenters. The summed E-state index contributed by atoms with van der Waals surface area (Å²) in [5.74, 6) is -0.647. The molecule has 0 aliphatic rings. The second-order valence-corrected chi connectivity index (χ2v) is 6.79. The topological polar surface area (TPSA) is 70.2 Å². The van der Waals surface area contributed by atoms with Gasteiger partial charge in [0.15, 0.2) is 5.11 Å². The second kappa shape index (κ2) is 9.19. The van der Waals surface area contributed by atoms with E-state index in [2.05, 4.69) is 16.0 Å². The van der Waals surface area contributed by atoms with Crippen molar-refractivity contribution in [2.45, 2.75) is 13.3 Å². The zero-order valence-corrected chi connectivity index (χ0v) is 16.6. The van der Waals surface area contributed by atoms with E-state index < -0.39 is 5.91 Å². The number of anilines is 2. The lowest BCUT2D eigenvalue weighted by atomic mass is 10.2. The molecule has 0 heterocycles. The SMILES string of the molecule is CCC(=O)Nc1ccc(Cl)c(NC(=S)NC(=O)c2cc(Cl)ccc2Cl)c1. The van der Waals surface area contributed by atoms with E-state index in [1.54, 1.807) is 31.2 Å². The number of nitrogens with one attached hydrogen (secondary N) is 3. The van der Waals surface area contributed by atoms with Crippen LogP contribution >= 0.6 is 47.0 Å². The first-order valence-corrected chi connectivity index (χ1v) is 9.01. The van der Waals surface area contributed by atoms with Crippen LogP contribution in [0.4, 0.5) is 11.4 Å². The second-order valence-electron chi connectivity index (χ2n) is 5.13. The van der Waals surface area contributed by atoms with Crippen molar-refractivity contribution in [2.24, 2.45) is 0 Å². The molecule has 0 radical (unpaired) electrons. The lowest BCUT2D eigenvalue weighted by Crippen LogP contribution is -2.34. The minimum atomic E-state index is -0.512. The molecule has 2 aromatic rings. The van der Waals surface area contributed by atoms with Crippen molar-refractivity contribution >= 4 is 75.3 Å². The van der Waals surface area contributed by atoms with Crippen molar-refractivity contribution in [1.29, 1.82) is 0 Å². The van der Waals surface area contributed by atoms with Crippen LogP contribution < -0.4 is 16.0 Å². The van der Waals surface area contributed by atoms with E-state index in [1.807, 2.05) is 0 Å². The Hall–Kier alpha value is -1.86. The van der Waals surface area contributed by atoms with Crippen LogP contribution in [-0.4, -0.2) is 16.9 Å². The van der Waals surface area contributed by atoms with Gasteiger partial charge in [-0.15, -0.1) is 0 Å². The van der Waals surface area contributed by atoms with Crippen molar-refractivity contribution in [3.63, 3.8) is 0 Å². The molecule has 2 aromatic carbocycles. The molecule has 0 aliphatic heterocycles. The number of amides is 2. The molecule has 2 amide bonds. The van der Waals surface area contributed by atoms with Gasteiger partial charge in [-0.3, -0.25) is 14.9 Å². The van der Waals surface area contributed by atoms with Crippen LogP contribution in [0.25, 0.3) is 0 Å². The van der Waals surface area contributed by atoms with Gasteiger partial charge >= 0.3 is 0 Å². The van der Waals surface area contributed by atoms with Crippen LogP contribution in [0, 0.1) is 0 Å². The Morgan fingerprint density at radius 3 is 2.38 bits per heavy atom. The maximum Gasteiger partial charge on any atom is 0.258 e. The predicted molar refractivity (Wildman–Crippen MR) is 111 cm³/mol. The monoisotopic (exact) mass is 429 g/mol. The number of carbonyl (C=O) groups excluding carboxylic acids is 2. The van der Waals surface area contributed by atoms with Crippen molar-refractivity contribution in [2.75, 3.05) is 10.6 Å². The van der Waals surface area contributed by atoms with E-state index in [1.165, 1.54) is 12.1 Å². The Morgan fingerprint density at radius 2 is 1.69 bits per heavy atom. The van der Waals surface area contributed by atoms with Gasteiger partial charge in [-0.1, -0.05) is 41.7 Å². The third-order valence-corrected chi connectivity index (χ3v) is 4.32. The Morgan fingerprint density at radius 1 is 1.00 bits per heavy atom. The standard InChI is InChI=1S/C17H14Cl3N3O2S/c1-2-15(24)21-10-4-6-13(20)14(8-10)22-17(26)23-16(25)11-7-9(18)3-5-12(11)19/h3-8H,2H2,1H3,(H,21,24)(H2,22,23,25,26). The fourth-order valence-electron chi connectivity index (χ4n) is 1.94. The van der Waals surface area contributed by atoms with E-state index in [0.29, 0.717) is 27.8 Å². The van der Waals surface area contributed by atoms with Gasteiger partial charge in [-0.2, -0.15) is 0 Å². The number of thiocarbonyl (C=S) groups is 1. The minimum Gasteiger partial charge on any atom is -0.331 e. The number of hydrogen-bond acceptors (Lipinski definition) is 3. The Labute approximate surface area is 171 Å². The highest BCUT2D eigenvalue weighted by Gasteiger charge is 2.13. The summed E-state index contributed by atoms with van der Waals surface area (Å²) in [4.78, 5) is 23.8. The number of hydrogen-bond donors (Lipinski definition) is 3. The normalized spacial score (nSPS) is 10.2. The number of benzene rings is 2. The van der Waals surface area contributed by atoms with Crippen LogP contribution in [0.2, 0.25) is 15.1 Å². The molecule has 3 N–H and O–H groups in total. The van der Waals surface area contributed by atoms with Crippen LogP contribution in [0.1, 0.15) is 23.7 Å². The Balaban J connectivity index is 2.09. The first-order chi connectivity index (χ1) is 12.3. The third-order valence-electron chi connectivity index (χ3n) is 3.22. The van der Waals surface area contributed by atoms with Crippen LogP contribution in [0.5, 0.6) is 0 Å². The molecule has 0 aliphatic carbocycles. The zero-order chi connectivity index (χ0) is 19.3. The van der Waals surface area contributed by atoms with Crippen LogP contribution in [0.15, 0.2) is 36.4 Å². The summed E-state index contributed by atoms with van der Waals surface area (Å²) in [6, 6.07) is 9.41. The molecular weight excluding hydrogens is 417 g/mol. The van der Waals surface area contributed by atoms with E-state index in [-0.39, 0.29) is 21.6 Å². The summed E-state index contributed by atoms with van der Waals surface area (Å²) in [7, 11) is 0. The minimum absolute atomic E-state index is 0.0203. The summed E-state index contributed by atoms with van der Waals surface area (Å²) in [5, 5.41) is 9.05. The van der Waals surface area contributed by atoms with Gasteiger partial charge < -0.3 is 10.6 Å². The largest absolute Gasteiger partial charge is 0.331 e. The quantitative estimate of drug-likeness (QED) is 0.589. The van der Waals surface area contributed by atoms with Crippen molar-refractivity contribution in [1.82, 2.24) is 5.32 Å². The van der Waals surface area contributed by atoms with Gasteiger partial charge in [0, 0.05) is 17.1 Å². The van der Waals surface area contributed by atoms with Gasteiger partial charge in [-0.25, -0.2) is 0 Å². The predicted octanol–water partition coefficient (Wildman–Crippen LogP) is 5.12. The lowest BCUT2D eigenvalue weighted by molar-refractivity contribution is -0.115. The molecule has 0 aromatic heterocycles. The lowest BCUT2D eigenvalue weighted by Gasteiger charge is -2.13. The van der Waals surface area contributed by atoms with Crippen LogP contribution in [0.3, 0.4) is 0 Å². The zero-order valence-electron chi connectivity index (χ0n) is 13.5. The highest BCUT2D eigenvalue weighted by molar-refractivity contribution is 7.80. The van der Waals surface area contributed by atoms with E-state index in [4.69, 9.17) is 47.0 Å². The molecule has 0 unspecified atom stereocenters. The third kappa shape index (κ3) is 5.57. The van der Waals surface area contributed by atoms with E-state index in [0.717, 1.165) is 0 Å². The van der Waals surface area contributed by atoms with Gasteiger partial charge in [0.05, 0.1) is 21.3 Å². The molecular formula is C17H14Cl3N3O2S. The highest BCUT2D eigenvalue weighted by atomic mass is 35.5. The summed E-state index contributed by atoms with van der Waals surface area (Å²) in [6.45, 7) is 1.75. The fourth-order valence-corrected chi connectivity index (χ4v) is 2.69. The number of rotatable bonds is 4. The number of halogens is 3. The molecule has 0 saturated heterocycles. The highest BCUT2D eigenvalue weighted by Crippen LogP contribution is 2.26. The van der Waals surface area contributed by atoms with Crippen LogP contribution in [-0.2, 0) is 4.79 Å². The summed E-state index contributed by atoms with van der Waals surface area (Å²) in [5.41, 5.74) is 1.18. The molecule has 5 nitrogen and oxygen atoms in total. The molecule has 9 heteroatoms. The van der Waals surface area contributed by atoms with Crippen molar-refractivity contribution < 1.29 is 9.59 Å². The van der Waals surface area contributed by atoms with Gasteiger partial charge in [-0.05, 0) is 48.6 Å². The average Bonchev–Trinajstić information content (AvgIpc) is 2.59. The fraction of sp³-hybridized carbons (Fsp3) is 0.118. The van der Waals surface area contributed by atoms with E-state index >= 15 is 0 Å².